The smallest absolute Gasteiger partial charge is 0.317 e. The second-order valence-electron chi connectivity index (χ2n) is 6.86. The molecule has 0 radical (unpaired) electrons. The number of hydrogen-bond acceptors (Lipinski definition) is 3. The zero-order valence-corrected chi connectivity index (χ0v) is 15.1. The first kappa shape index (κ1) is 17.8. The zero-order chi connectivity index (χ0) is 17.2. The summed E-state index contributed by atoms with van der Waals surface area (Å²) in [6, 6.07) is 6.45. The summed E-state index contributed by atoms with van der Waals surface area (Å²) in [6.07, 6.45) is 2.35. The number of sulfone groups is 1. The Kier molecular flexibility index (Phi) is 5.34. The molecule has 1 aliphatic heterocycles. The van der Waals surface area contributed by atoms with Crippen LogP contribution in [-0.2, 0) is 9.84 Å². The first-order chi connectivity index (χ1) is 10.7. The lowest BCUT2D eigenvalue weighted by molar-refractivity contribution is 0.144. The van der Waals surface area contributed by atoms with E-state index in [1.54, 1.807) is 24.3 Å². The minimum Gasteiger partial charge on any atom is -0.331 e. The highest BCUT2D eigenvalue weighted by Crippen LogP contribution is 2.22. The molecule has 1 N–H and O–H groups in total. The molecule has 6 heteroatoms. The normalized spacial score (nSPS) is 23.4. The van der Waals surface area contributed by atoms with Crippen molar-refractivity contribution in [1.82, 2.24) is 10.2 Å². The lowest BCUT2D eigenvalue weighted by Gasteiger charge is -2.35. The summed E-state index contributed by atoms with van der Waals surface area (Å²) in [4.78, 5) is 14.6. The van der Waals surface area contributed by atoms with Crippen LogP contribution in [-0.4, -0.2) is 38.7 Å². The van der Waals surface area contributed by atoms with Gasteiger partial charge in [-0.25, -0.2) is 13.2 Å². The van der Waals surface area contributed by atoms with Crippen molar-refractivity contribution in [2.75, 3.05) is 19.3 Å². The number of piperidine rings is 1. The number of carbonyl (C=O) groups is 1. The van der Waals surface area contributed by atoms with Crippen molar-refractivity contribution in [2.24, 2.45) is 11.8 Å². The molecule has 1 fully saturated rings. The van der Waals surface area contributed by atoms with Gasteiger partial charge in [-0.05, 0) is 42.9 Å². The summed E-state index contributed by atoms with van der Waals surface area (Å²) in [7, 11) is -3.19. The van der Waals surface area contributed by atoms with E-state index in [-0.39, 0.29) is 12.1 Å². The van der Waals surface area contributed by atoms with Crippen LogP contribution in [0, 0.1) is 11.8 Å². The molecule has 23 heavy (non-hydrogen) atoms. The average Bonchev–Trinajstić information content (AvgIpc) is 2.45. The van der Waals surface area contributed by atoms with E-state index >= 15 is 0 Å². The lowest BCUT2D eigenvalue weighted by atomic mass is 9.92. The van der Waals surface area contributed by atoms with E-state index in [0.717, 1.165) is 25.1 Å². The average molecular weight is 338 g/mol. The molecule has 1 saturated heterocycles. The van der Waals surface area contributed by atoms with Gasteiger partial charge in [-0.1, -0.05) is 26.0 Å². The molecule has 1 heterocycles. The van der Waals surface area contributed by atoms with Crippen molar-refractivity contribution in [3.8, 4) is 0 Å². The molecular formula is C17H26N2O3S. The number of carbonyl (C=O) groups excluding carboxylic acids is 1. The third-order valence-electron chi connectivity index (χ3n) is 4.30. The van der Waals surface area contributed by atoms with Crippen LogP contribution < -0.4 is 5.32 Å². The van der Waals surface area contributed by atoms with Crippen molar-refractivity contribution in [3.05, 3.63) is 29.8 Å². The first-order valence-corrected chi connectivity index (χ1v) is 9.91. The maximum Gasteiger partial charge on any atom is 0.317 e. The van der Waals surface area contributed by atoms with Gasteiger partial charge in [-0.15, -0.1) is 0 Å². The molecule has 3 unspecified atom stereocenters. The van der Waals surface area contributed by atoms with E-state index in [1.165, 1.54) is 6.26 Å². The molecule has 1 aromatic rings. The molecule has 0 saturated carbocycles. The molecule has 3 atom stereocenters. The predicted molar refractivity (Wildman–Crippen MR) is 91.0 cm³/mol. The van der Waals surface area contributed by atoms with Crippen LogP contribution in [0.3, 0.4) is 0 Å². The SMILES string of the molecule is CC1CC(C)CN(C(=O)NC(C)c2ccc(S(C)(=O)=O)cc2)C1. The Balaban J connectivity index is 2.01. The van der Waals surface area contributed by atoms with Crippen molar-refractivity contribution in [1.29, 1.82) is 0 Å². The second kappa shape index (κ2) is 6.91. The Labute approximate surface area is 139 Å². The van der Waals surface area contributed by atoms with Crippen molar-refractivity contribution < 1.29 is 13.2 Å². The van der Waals surface area contributed by atoms with Crippen LogP contribution in [0.5, 0.6) is 0 Å². The maximum atomic E-state index is 12.4. The highest BCUT2D eigenvalue weighted by molar-refractivity contribution is 7.90. The Morgan fingerprint density at radius 2 is 1.70 bits per heavy atom. The van der Waals surface area contributed by atoms with E-state index in [2.05, 4.69) is 19.2 Å². The van der Waals surface area contributed by atoms with Gasteiger partial charge in [0, 0.05) is 19.3 Å². The number of hydrogen-bond donors (Lipinski definition) is 1. The Hall–Kier alpha value is -1.56. The monoisotopic (exact) mass is 338 g/mol. The van der Waals surface area contributed by atoms with Gasteiger partial charge in [0.1, 0.15) is 0 Å². The summed E-state index contributed by atoms with van der Waals surface area (Å²) in [5, 5.41) is 3.00. The van der Waals surface area contributed by atoms with Crippen LogP contribution in [0.4, 0.5) is 4.79 Å². The summed E-state index contributed by atoms with van der Waals surface area (Å²) < 4.78 is 23.0. The standard InChI is InChI=1S/C17H26N2O3S/c1-12-9-13(2)11-19(10-12)17(20)18-14(3)15-5-7-16(8-6-15)23(4,21)22/h5-8,12-14H,9-11H2,1-4H3,(H,18,20). The van der Waals surface area contributed by atoms with E-state index in [9.17, 15) is 13.2 Å². The predicted octanol–water partition coefficient (Wildman–Crippen LogP) is 2.84. The van der Waals surface area contributed by atoms with Gasteiger partial charge >= 0.3 is 6.03 Å². The Morgan fingerprint density at radius 1 is 1.17 bits per heavy atom. The Bertz CT molecular complexity index is 645. The van der Waals surface area contributed by atoms with Gasteiger partial charge in [0.15, 0.2) is 9.84 Å². The molecule has 128 valence electrons. The lowest BCUT2D eigenvalue weighted by Crippen LogP contribution is -2.48. The number of amides is 2. The molecule has 1 aromatic carbocycles. The fourth-order valence-electron chi connectivity index (χ4n) is 3.19. The van der Waals surface area contributed by atoms with Gasteiger partial charge < -0.3 is 10.2 Å². The van der Waals surface area contributed by atoms with Crippen molar-refractivity contribution >= 4 is 15.9 Å². The zero-order valence-electron chi connectivity index (χ0n) is 14.2. The fourth-order valence-corrected chi connectivity index (χ4v) is 3.82. The third-order valence-corrected chi connectivity index (χ3v) is 5.43. The molecule has 2 amide bonds. The van der Waals surface area contributed by atoms with Crippen molar-refractivity contribution in [3.63, 3.8) is 0 Å². The van der Waals surface area contributed by atoms with Crippen LogP contribution in [0.15, 0.2) is 29.2 Å². The van der Waals surface area contributed by atoms with Gasteiger partial charge in [-0.3, -0.25) is 0 Å². The number of nitrogens with zero attached hydrogens (tertiary/aromatic N) is 1. The molecular weight excluding hydrogens is 312 g/mol. The maximum absolute atomic E-state index is 12.4. The van der Waals surface area contributed by atoms with Gasteiger partial charge in [-0.2, -0.15) is 0 Å². The van der Waals surface area contributed by atoms with E-state index in [1.807, 2.05) is 11.8 Å². The van der Waals surface area contributed by atoms with Gasteiger partial charge in [0.2, 0.25) is 0 Å². The molecule has 2 rings (SSSR count). The van der Waals surface area contributed by atoms with Crippen molar-refractivity contribution in [2.45, 2.75) is 38.1 Å². The van der Waals surface area contributed by atoms with E-state index < -0.39 is 9.84 Å². The summed E-state index contributed by atoms with van der Waals surface area (Å²) in [6.45, 7) is 7.82. The quantitative estimate of drug-likeness (QED) is 0.921. The Morgan fingerprint density at radius 3 is 2.17 bits per heavy atom. The minimum absolute atomic E-state index is 0.0527. The number of likely N-dealkylation sites (tertiary alicyclic amines) is 1. The van der Waals surface area contributed by atoms with Crippen LogP contribution in [0.1, 0.15) is 38.8 Å². The molecule has 5 nitrogen and oxygen atoms in total. The number of nitrogens with one attached hydrogen (secondary N) is 1. The minimum atomic E-state index is -3.19. The molecule has 0 aromatic heterocycles. The molecule has 0 spiro atoms. The second-order valence-corrected chi connectivity index (χ2v) is 8.88. The van der Waals surface area contributed by atoms with Gasteiger partial charge in [0.25, 0.3) is 0 Å². The van der Waals surface area contributed by atoms with Gasteiger partial charge in [0.05, 0.1) is 10.9 Å². The topological polar surface area (TPSA) is 66.5 Å². The number of urea groups is 1. The number of benzene rings is 1. The molecule has 0 aliphatic carbocycles. The van der Waals surface area contributed by atoms with E-state index in [0.29, 0.717) is 16.7 Å². The van der Waals surface area contributed by atoms with E-state index in [4.69, 9.17) is 0 Å². The summed E-state index contributed by atoms with van der Waals surface area (Å²) in [5.74, 6) is 1.04. The molecule has 1 aliphatic rings. The third kappa shape index (κ3) is 4.70. The van der Waals surface area contributed by atoms with Crippen LogP contribution in [0.2, 0.25) is 0 Å². The number of rotatable bonds is 3. The van der Waals surface area contributed by atoms with Crippen LogP contribution in [0.25, 0.3) is 0 Å². The summed E-state index contributed by atoms with van der Waals surface area (Å²) in [5.41, 5.74) is 0.892. The first-order valence-electron chi connectivity index (χ1n) is 8.02. The molecule has 0 bridgehead atoms. The summed E-state index contributed by atoms with van der Waals surface area (Å²) >= 11 is 0. The highest BCUT2D eigenvalue weighted by Gasteiger charge is 2.26. The highest BCUT2D eigenvalue weighted by atomic mass is 32.2. The van der Waals surface area contributed by atoms with Crippen LogP contribution >= 0.6 is 0 Å². The largest absolute Gasteiger partial charge is 0.331 e. The fraction of sp³-hybridized carbons (Fsp3) is 0.588.